The van der Waals surface area contributed by atoms with Gasteiger partial charge in [-0.15, -0.1) is 0 Å². The second-order valence-electron chi connectivity index (χ2n) is 19.0. The highest BCUT2D eigenvalue weighted by atomic mass is 19.1. The Bertz CT molecular complexity index is 4330. The van der Waals surface area contributed by atoms with Crippen molar-refractivity contribution in [3.63, 3.8) is 0 Å². The van der Waals surface area contributed by atoms with Crippen molar-refractivity contribution in [2.75, 3.05) is 9.80 Å². The maximum absolute atomic E-state index is 16.7. The highest BCUT2D eigenvalue weighted by Gasteiger charge is 2.56. The standard InChI is InChI=1S/C67H40F2N2O/c68-43-33-35-49-50-36-34-44(69)38-56(50)67(55(49)37-43)57-40-60(70(45-21-3-1-4-22-45)58-30-15-19-41-17-7-9-25-47(41)58)51-27-11-12-29-53(51)63(57)64-61(39-54-52-28-13-14-32-62(52)72-66(54)65(64)67)71(46-23-5-2-6-24-46)59-31-16-20-42-18-8-10-26-48(42)59/h1-40H. The topological polar surface area (TPSA) is 19.6 Å². The minimum Gasteiger partial charge on any atom is -0.456 e. The summed E-state index contributed by atoms with van der Waals surface area (Å²) in [7, 11) is 0. The number of hydrogen-bond acceptors (Lipinski definition) is 3. The van der Waals surface area contributed by atoms with E-state index in [-0.39, 0.29) is 11.6 Å². The lowest BCUT2D eigenvalue weighted by molar-refractivity contribution is 0.614. The summed E-state index contributed by atoms with van der Waals surface area (Å²) in [6.45, 7) is 0. The lowest BCUT2D eigenvalue weighted by Gasteiger charge is -2.33. The first-order valence-electron chi connectivity index (χ1n) is 24.4. The van der Waals surface area contributed by atoms with Crippen LogP contribution in [0.5, 0.6) is 0 Å². The van der Waals surface area contributed by atoms with Crippen LogP contribution in [0.15, 0.2) is 247 Å². The van der Waals surface area contributed by atoms with Crippen molar-refractivity contribution in [3.05, 3.63) is 277 Å². The monoisotopic (exact) mass is 926 g/mol. The fourth-order valence-corrected chi connectivity index (χ4v) is 12.5. The molecule has 0 N–H and O–H groups in total. The molecule has 0 radical (unpaired) electrons. The number of hydrogen-bond donors (Lipinski definition) is 0. The molecule has 2 aliphatic rings. The van der Waals surface area contributed by atoms with Gasteiger partial charge in [-0.25, -0.2) is 8.78 Å². The minimum absolute atomic E-state index is 0.377. The summed E-state index contributed by atoms with van der Waals surface area (Å²) < 4.78 is 40.6. The van der Waals surface area contributed by atoms with Crippen LogP contribution in [0, 0.1) is 11.6 Å². The SMILES string of the molecule is Fc1ccc2c(c1)C1(c3cc(F)ccc3-2)c2cc(N(c3ccccc3)c3cccc4ccccc34)c3ccccc3c2-c2c(N(c3ccccc3)c3cccc4ccccc34)cc3c(oc4ccccc43)c21. The Labute approximate surface area is 413 Å². The summed E-state index contributed by atoms with van der Waals surface area (Å²) in [4.78, 5) is 4.74. The Balaban J connectivity index is 1.19. The van der Waals surface area contributed by atoms with E-state index in [0.29, 0.717) is 5.58 Å². The Hall–Kier alpha value is -9.32. The van der Waals surface area contributed by atoms with Crippen LogP contribution in [0.4, 0.5) is 42.9 Å². The van der Waals surface area contributed by atoms with E-state index in [1.54, 1.807) is 12.1 Å². The van der Waals surface area contributed by atoms with Gasteiger partial charge in [0.05, 0.1) is 28.2 Å². The van der Waals surface area contributed by atoms with Gasteiger partial charge >= 0.3 is 0 Å². The lowest BCUT2D eigenvalue weighted by atomic mass is 9.69. The van der Waals surface area contributed by atoms with Crippen LogP contribution in [0.25, 0.3) is 76.5 Å². The Kier molecular flexibility index (Phi) is 8.64. The molecular weight excluding hydrogens is 887 g/mol. The summed E-state index contributed by atoms with van der Waals surface area (Å²) in [5.74, 6) is -0.754. The molecule has 1 aromatic heterocycles. The predicted molar refractivity (Wildman–Crippen MR) is 292 cm³/mol. The van der Waals surface area contributed by atoms with Gasteiger partial charge in [0.2, 0.25) is 0 Å². The van der Waals surface area contributed by atoms with E-state index >= 15 is 8.78 Å². The van der Waals surface area contributed by atoms with E-state index in [4.69, 9.17) is 4.42 Å². The zero-order chi connectivity index (χ0) is 47.7. The molecule has 0 aliphatic heterocycles. The van der Waals surface area contributed by atoms with Crippen LogP contribution in [-0.4, -0.2) is 0 Å². The fraction of sp³-hybridized carbons (Fsp3) is 0.0149. The fourth-order valence-electron chi connectivity index (χ4n) is 12.5. The Morgan fingerprint density at radius 1 is 0.333 bits per heavy atom. The molecule has 2 aliphatic carbocycles. The molecule has 0 bridgehead atoms. The number of halogens is 2. The lowest BCUT2D eigenvalue weighted by Crippen LogP contribution is -2.27. The number of para-hydroxylation sites is 3. The van der Waals surface area contributed by atoms with Gasteiger partial charge < -0.3 is 14.2 Å². The van der Waals surface area contributed by atoms with Gasteiger partial charge in [0, 0.05) is 49.4 Å². The van der Waals surface area contributed by atoms with Gasteiger partial charge in [0.15, 0.2) is 0 Å². The number of nitrogens with zero attached hydrogens (tertiary/aromatic N) is 2. The molecule has 1 spiro atoms. The van der Waals surface area contributed by atoms with Gasteiger partial charge in [0.1, 0.15) is 22.8 Å². The van der Waals surface area contributed by atoms with E-state index in [0.717, 1.165) is 127 Å². The summed E-state index contributed by atoms with van der Waals surface area (Å²) in [5.41, 5.74) is 12.7. The molecule has 12 aromatic carbocycles. The molecule has 0 fully saturated rings. The number of benzene rings is 12. The van der Waals surface area contributed by atoms with E-state index in [2.05, 4.69) is 186 Å². The first kappa shape index (κ1) is 40.6. The molecular formula is C67H40F2N2O. The molecule has 0 amide bonds. The minimum atomic E-state index is -1.29. The highest BCUT2D eigenvalue weighted by molar-refractivity contribution is 6.21. The van der Waals surface area contributed by atoms with Crippen molar-refractivity contribution in [3.8, 4) is 22.3 Å². The summed E-state index contributed by atoms with van der Waals surface area (Å²) >= 11 is 0. The zero-order valence-corrected chi connectivity index (χ0v) is 38.7. The predicted octanol–water partition coefficient (Wildman–Crippen LogP) is 18.6. The molecule has 15 rings (SSSR count). The molecule has 0 atom stereocenters. The highest BCUT2D eigenvalue weighted by Crippen LogP contribution is 2.69. The van der Waals surface area contributed by atoms with Crippen LogP contribution in [0.3, 0.4) is 0 Å². The van der Waals surface area contributed by atoms with E-state index < -0.39 is 5.41 Å². The van der Waals surface area contributed by atoms with Gasteiger partial charge in [-0.1, -0.05) is 164 Å². The zero-order valence-electron chi connectivity index (χ0n) is 38.7. The third kappa shape index (κ3) is 5.59. The van der Waals surface area contributed by atoms with Gasteiger partial charge in [0.25, 0.3) is 0 Å². The number of anilines is 6. The Morgan fingerprint density at radius 3 is 1.42 bits per heavy atom. The largest absolute Gasteiger partial charge is 0.456 e. The van der Waals surface area contributed by atoms with Crippen LogP contribution in [0.2, 0.25) is 0 Å². The molecule has 0 unspecified atom stereocenters. The second-order valence-corrected chi connectivity index (χ2v) is 19.0. The molecule has 72 heavy (non-hydrogen) atoms. The maximum atomic E-state index is 16.7. The second kappa shape index (κ2) is 15.3. The quantitative estimate of drug-likeness (QED) is 0.166. The van der Waals surface area contributed by atoms with Crippen LogP contribution >= 0.6 is 0 Å². The van der Waals surface area contributed by atoms with Crippen molar-refractivity contribution < 1.29 is 13.2 Å². The first-order valence-corrected chi connectivity index (χ1v) is 24.4. The average molecular weight is 927 g/mol. The van der Waals surface area contributed by atoms with Crippen molar-refractivity contribution in [2.45, 2.75) is 5.41 Å². The molecule has 3 nitrogen and oxygen atoms in total. The summed E-state index contributed by atoms with van der Waals surface area (Å²) in [6, 6.07) is 82.5. The van der Waals surface area contributed by atoms with Gasteiger partial charge in [-0.2, -0.15) is 0 Å². The van der Waals surface area contributed by atoms with E-state index in [1.807, 2.05) is 42.5 Å². The van der Waals surface area contributed by atoms with Crippen LogP contribution < -0.4 is 9.80 Å². The first-order chi connectivity index (χ1) is 35.6. The molecule has 1 heterocycles. The number of fused-ring (bicyclic) bond motifs is 18. The van der Waals surface area contributed by atoms with Gasteiger partial charge in [-0.05, 0) is 128 Å². The van der Waals surface area contributed by atoms with Crippen LogP contribution in [0.1, 0.15) is 22.3 Å². The molecule has 0 saturated carbocycles. The van der Waals surface area contributed by atoms with Crippen molar-refractivity contribution in [1.82, 2.24) is 0 Å². The van der Waals surface area contributed by atoms with Crippen molar-refractivity contribution >= 4 is 88.4 Å². The third-order valence-electron chi connectivity index (χ3n) is 15.3. The maximum Gasteiger partial charge on any atom is 0.140 e. The smallest absolute Gasteiger partial charge is 0.140 e. The van der Waals surface area contributed by atoms with E-state index in [1.165, 1.54) is 12.1 Å². The average Bonchev–Trinajstić information content (AvgIpc) is 4.07. The summed E-state index contributed by atoms with van der Waals surface area (Å²) in [5, 5.41) is 8.25. The summed E-state index contributed by atoms with van der Waals surface area (Å²) in [6.07, 6.45) is 0. The molecule has 0 saturated heterocycles. The van der Waals surface area contributed by atoms with Crippen molar-refractivity contribution in [1.29, 1.82) is 0 Å². The molecule has 5 heteroatoms. The number of rotatable bonds is 6. The van der Waals surface area contributed by atoms with Crippen LogP contribution in [-0.2, 0) is 5.41 Å². The van der Waals surface area contributed by atoms with E-state index in [9.17, 15) is 0 Å². The number of furan rings is 1. The molecule has 13 aromatic rings. The normalized spacial score (nSPS) is 13.0. The Morgan fingerprint density at radius 2 is 0.819 bits per heavy atom. The van der Waals surface area contributed by atoms with Crippen molar-refractivity contribution in [2.24, 2.45) is 0 Å². The third-order valence-corrected chi connectivity index (χ3v) is 15.3. The molecule has 338 valence electrons. The van der Waals surface area contributed by atoms with Gasteiger partial charge in [-0.3, -0.25) is 0 Å².